The van der Waals surface area contributed by atoms with Crippen molar-refractivity contribution in [3.8, 4) is 16.3 Å². The Hall–Kier alpha value is -1.99. The molecule has 1 aromatic carbocycles. The lowest BCUT2D eigenvalue weighted by atomic mass is 10.2. The Balaban J connectivity index is 1.66. The molecule has 132 valence electrons. The zero-order valence-electron chi connectivity index (χ0n) is 14.4. The number of benzene rings is 1. The fraction of sp³-hybridized carbons (Fsp3) is 0.316. The lowest BCUT2D eigenvalue weighted by Gasteiger charge is -2.05. The Labute approximate surface area is 152 Å². The van der Waals surface area contributed by atoms with Gasteiger partial charge in [0.1, 0.15) is 5.69 Å². The second kappa shape index (κ2) is 9.48. The van der Waals surface area contributed by atoms with Gasteiger partial charge >= 0.3 is 0 Å². The summed E-state index contributed by atoms with van der Waals surface area (Å²) in [5.74, 6) is 0. The van der Waals surface area contributed by atoms with Crippen LogP contribution in [0, 0.1) is 0 Å². The predicted molar refractivity (Wildman–Crippen MR) is 101 cm³/mol. The summed E-state index contributed by atoms with van der Waals surface area (Å²) >= 11 is 1.71. The van der Waals surface area contributed by atoms with Crippen LogP contribution in [0.25, 0.3) is 16.3 Å². The first-order chi connectivity index (χ1) is 12.4. The fourth-order valence-corrected chi connectivity index (χ4v) is 3.23. The SMILES string of the molecule is COCCOCCNCc1cn(-c2ccccc2)nc1-c1cccs1. The fourth-order valence-electron chi connectivity index (χ4n) is 2.48. The Kier molecular flexibility index (Phi) is 6.76. The number of rotatable bonds is 10. The number of thiophene rings is 1. The van der Waals surface area contributed by atoms with Gasteiger partial charge in [0.25, 0.3) is 0 Å². The highest BCUT2D eigenvalue weighted by Gasteiger charge is 2.12. The van der Waals surface area contributed by atoms with Gasteiger partial charge in [0.15, 0.2) is 0 Å². The molecule has 0 aliphatic carbocycles. The van der Waals surface area contributed by atoms with E-state index in [0.29, 0.717) is 19.8 Å². The molecule has 0 saturated carbocycles. The zero-order chi connectivity index (χ0) is 17.3. The van der Waals surface area contributed by atoms with Gasteiger partial charge in [0, 0.05) is 32.0 Å². The third-order valence-corrected chi connectivity index (χ3v) is 4.61. The predicted octanol–water partition coefficient (Wildman–Crippen LogP) is 3.35. The van der Waals surface area contributed by atoms with E-state index >= 15 is 0 Å². The number of ether oxygens (including phenoxy) is 2. The van der Waals surface area contributed by atoms with Crippen molar-refractivity contribution >= 4 is 11.3 Å². The van der Waals surface area contributed by atoms with E-state index < -0.39 is 0 Å². The van der Waals surface area contributed by atoms with E-state index in [2.05, 4.69) is 41.2 Å². The van der Waals surface area contributed by atoms with Crippen LogP contribution in [-0.2, 0) is 16.0 Å². The van der Waals surface area contributed by atoms with Gasteiger partial charge in [-0.15, -0.1) is 11.3 Å². The van der Waals surface area contributed by atoms with E-state index in [1.54, 1.807) is 18.4 Å². The van der Waals surface area contributed by atoms with E-state index in [-0.39, 0.29) is 0 Å². The highest BCUT2D eigenvalue weighted by molar-refractivity contribution is 7.13. The van der Waals surface area contributed by atoms with Crippen LogP contribution >= 0.6 is 11.3 Å². The first kappa shape index (κ1) is 17.8. The maximum atomic E-state index is 5.48. The number of aromatic nitrogens is 2. The molecule has 2 aromatic heterocycles. The van der Waals surface area contributed by atoms with Crippen molar-refractivity contribution in [2.75, 3.05) is 33.5 Å². The summed E-state index contributed by atoms with van der Waals surface area (Å²) in [7, 11) is 1.68. The summed E-state index contributed by atoms with van der Waals surface area (Å²) in [5, 5.41) is 10.3. The average Bonchev–Trinajstić information content (AvgIpc) is 3.31. The van der Waals surface area contributed by atoms with Crippen LogP contribution in [0.1, 0.15) is 5.56 Å². The molecule has 6 heteroatoms. The number of hydrogen-bond donors (Lipinski definition) is 1. The van der Waals surface area contributed by atoms with E-state index in [1.807, 2.05) is 22.9 Å². The van der Waals surface area contributed by atoms with Gasteiger partial charge in [-0.1, -0.05) is 24.3 Å². The van der Waals surface area contributed by atoms with Crippen molar-refractivity contribution in [2.45, 2.75) is 6.54 Å². The van der Waals surface area contributed by atoms with Crippen LogP contribution in [0.5, 0.6) is 0 Å². The highest BCUT2D eigenvalue weighted by atomic mass is 32.1. The zero-order valence-corrected chi connectivity index (χ0v) is 15.2. The van der Waals surface area contributed by atoms with Gasteiger partial charge in [0.05, 0.1) is 30.4 Å². The molecule has 3 aromatic rings. The molecule has 0 aliphatic rings. The van der Waals surface area contributed by atoms with Gasteiger partial charge in [-0.25, -0.2) is 4.68 Å². The molecule has 0 fully saturated rings. The number of nitrogens with zero attached hydrogens (tertiary/aromatic N) is 2. The smallest absolute Gasteiger partial charge is 0.107 e. The number of para-hydroxylation sites is 1. The summed E-state index contributed by atoms with van der Waals surface area (Å²) < 4.78 is 12.4. The Morgan fingerprint density at radius 1 is 1.08 bits per heavy atom. The van der Waals surface area contributed by atoms with Crippen LogP contribution in [0.15, 0.2) is 54.0 Å². The van der Waals surface area contributed by atoms with Crippen LogP contribution in [0.4, 0.5) is 0 Å². The van der Waals surface area contributed by atoms with Crippen molar-refractivity contribution < 1.29 is 9.47 Å². The standard InChI is InChI=1S/C19H23N3O2S/c1-23-11-12-24-10-9-20-14-16-15-22(17-6-3-2-4-7-17)21-19(16)18-8-5-13-25-18/h2-8,13,15,20H,9-12,14H2,1H3. The lowest BCUT2D eigenvalue weighted by molar-refractivity contribution is 0.0719. The molecule has 1 N–H and O–H groups in total. The van der Waals surface area contributed by atoms with Crippen LogP contribution < -0.4 is 5.32 Å². The van der Waals surface area contributed by atoms with Crippen molar-refractivity contribution in [3.05, 3.63) is 59.6 Å². The van der Waals surface area contributed by atoms with E-state index in [4.69, 9.17) is 14.6 Å². The summed E-state index contributed by atoms with van der Waals surface area (Å²) in [5.41, 5.74) is 3.28. The van der Waals surface area contributed by atoms with Crippen molar-refractivity contribution in [1.82, 2.24) is 15.1 Å². The Morgan fingerprint density at radius 3 is 2.72 bits per heavy atom. The van der Waals surface area contributed by atoms with Crippen molar-refractivity contribution in [2.24, 2.45) is 0 Å². The van der Waals surface area contributed by atoms with Gasteiger partial charge in [-0.2, -0.15) is 5.10 Å². The topological polar surface area (TPSA) is 48.3 Å². The van der Waals surface area contributed by atoms with E-state index in [0.717, 1.165) is 24.5 Å². The molecule has 0 bridgehead atoms. The number of nitrogens with one attached hydrogen (secondary N) is 1. The minimum absolute atomic E-state index is 0.630. The Bertz CT molecular complexity index is 741. The quantitative estimate of drug-likeness (QED) is 0.565. The van der Waals surface area contributed by atoms with Crippen LogP contribution in [0.2, 0.25) is 0 Å². The molecule has 5 nitrogen and oxygen atoms in total. The van der Waals surface area contributed by atoms with Gasteiger partial charge in [0.2, 0.25) is 0 Å². The molecular weight excluding hydrogens is 334 g/mol. The van der Waals surface area contributed by atoms with Crippen molar-refractivity contribution in [1.29, 1.82) is 0 Å². The molecule has 0 saturated heterocycles. The number of hydrogen-bond acceptors (Lipinski definition) is 5. The summed E-state index contributed by atoms with van der Waals surface area (Å²) in [4.78, 5) is 1.18. The maximum Gasteiger partial charge on any atom is 0.107 e. The van der Waals surface area contributed by atoms with Crippen LogP contribution in [-0.4, -0.2) is 43.3 Å². The van der Waals surface area contributed by atoms with Gasteiger partial charge in [-0.05, 0) is 23.6 Å². The van der Waals surface area contributed by atoms with Gasteiger partial charge in [-0.3, -0.25) is 0 Å². The minimum atomic E-state index is 0.630. The maximum absolute atomic E-state index is 5.48. The molecule has 0 spiro atoms. The largest absolute Gasteiger partial charge is 0.382 e. The van der Waals surface area contributed by atoms with Gasteiger partial charge < -0.3 is 14.8 Å². The molecule has 3 rings (SSSR count). The molecule has 2 heterocycles. The third-order valence-electron chi connectivity index (χ3n) is 3.74. The monoisotopic (exact) mass is 357 g/mol. The minimum Gasteiger partial charge on any atom is -0.382 e. The first-order valence-electron chi connectivity index (χ1n) is 8.33. The molecule has 0 amide bonds. The molecule has 0 atom stereocenters. The molecule has 0 radical (unpaired) electrons. The van der Waals surface area contributed by atoms with E-state index in [1.165, 1.54) is 10.4 Å². The Morgan fingerprint density at radius 2 is 1.96 bits per heavy atom. The van der Waals surface area contributed by atoms with Crippen molar-refractivity contribution in [3.63, 3.8) is 0 Å². The summed E-state index contributed by atoms with van der Waals surface area (Å²) in [6.45, 7) is 3.49. The first-order valence-corrected chi connectivity index (χ1v) is 9.21. The lowest BCUT2D eigenvalue weighted by Crippen LogP contribution is -2.20. The second-order valence-corrected chi connectivity index (χ2v) is 6.49. The number of methoxy groups -OCH3 is 1. The normalized spacial score (nSPS) is 11.1. The summed E-state index contributed by atoms with van der Waals surface area (Å²) in [6.07, 6.45) is 2.10. The molecule has 25 heavy (non-hydrogen) atoms. The second-order valence-electron chi connectivity index (χ2n) is 5.54. The average molecular weight is 357 g/mol. The highest BCUT2D eigenvalue weighted by Crippen LogP contribution is 2.27. The molecule has 0 unspecified atom stereocenters. The van der Waals surface area contributed by atoms with Crippen LogP contribution in [0.3, 0.4) is 0 Å². The summed E-state index contributed by atoms with van der Waals surface area (Å²) in [6, 6.07) is 14.4. The molecular formula is C19H23N3O2S. The molecule has 0 aliphatic heterocycles. The van der Waals surface area contributed by atoms with E-state index in [9.17, 15) is 0 Å². The third kappa shape index (κ3) is 4.99.